The molecule has 0 radical (unpaired) electrons. The first kappa shape index (κ1) is 9.01. The summed E-state index contributed by atoms with van der Waals surface area (Å²) < 4.78 is 3.16. The zero-order valence-electron chi connectivity index (χ0n) is 6.10. The van der Waals surface area contributed by atoms with Gasteiger partial charge >= 0.3 is 91.5 Å². The molecule has 0 amide bonds. The van der Waals surface area contributed by atoms with Crippen molar-refractivity contribution in [1.82, 2.24) is 0 Å². The molecule has 4 heteroatoms. The number of hydrogen-bond donors (Lipinski definition) is 0. The van der Waals surface area contributed by atoms with Crippen LogP contribution in [0.15, 0.2) is 35.0 Å². The molecule has 2 rings (SSSR count). The van der Waals surface area contributed by atoms with Gasteiger partial charge in [-0.25, -0.2) is 0 Å². The third-order valence-corrected chi connectivity index (χ3v) is 13.3. The molecule has 2 aromatic rings. The fraction of sp³-hybridized carbons (Fsp3) is 0. The van der Waals surface area contributed by atoms with E-state index < -0.39 is 0 Å². The molecule has 0 unspecified atom stereocenters. The summed E-state index contributed by atoms with van der Waals surface area (Å²) in [5.74, 6) is 0. The Morgan fingerprint density at radius 1 is 0.833 bits per heavy atom. The molecule has 0 aliphatic rings. The second-order valence-electron chi connectivity index (χ2n) is 2.03. The molecule has 0 nitrogen and oxygen atoms in total. The van der Waals surface area contributed by atoms with Gasteiger partial charge in [-0.15, -0.1) is 0 Å². The van der Waals surface area contributed by atoms with Gasteiger partial charge in [0.25, 0.3) is 0 Å². The molecular weight excluding hydrogens is 318 g/mol. The molecule has 0 aliphatic carbocycles. The molecule has 2 heterocycles. The Hall–Kier alpha value is 0.439. The van der Waals surface area contributed by atoms with E-state index in [9.17, 15) is 0 Å². The summed E-state index contributed by atoms with van der Waals surface area (Å²) in [5, 5.41) is 4.34. The Morgan fingerprint density at radius 3 is 1.67 bits per heavy atom. The second kappa shape index (κ2) is 4.61. The molecule has 0 bridgehead atoms. The minimum absolute atomic E-state index is 0.714. The average molecular weight is 324 g/mol. The van der Waals surface area contributed by atoms with Gasteiger partial charge in [-0.05, 0) is 0 Å². The molecule has 0 atom stereocenters. The van der Waals surface area contributed by atoms with E-state index in [1.807, 2.05) is 22.7 Å². The minimum atomic E-state index is 0.714. The van der Waals surface area contributed by atoms with Crippen LogP contribution in [-0.4, -0.2) is 26.3 Å². The van der Waals surface area contributed by atoms with Gasteiger partial charge < -0.3 is 0 Å². The van der Waals surface area contributed by atoms with Crippen molar-refractivity contribution < 1.29 is 0 Å². The molecule has 0 spiro atoms. The van der Waals surface area contributed by atoms with Crippen molar-refractivity contribution in [2.75, 3.05) is 0 Å². The zero-order valence-corrected chi connectivity index (χ0v) is 11.2. The van der Waals surface area contributed by atoms with E-state index in [1.54, 1.807) is 7.55 Å². The first-order chi connectivity index (χ1) is 5.95. The van der Waals surface area contributed by atoms with E-state index in [1.165, 1.54) is 0 Å². The standard InChI is InChI=1S/C8H6S2Se2/c1-3-7(9-5-1)11-12-8-4-2-6-10-8/h1-6H. The predicted octanol–water partition coefficient (Wildman–Crippen LogP) is 1.08. The van der Waals surface area contributed by atoms with E-state index in [2.05, 4.69) is 35.0 Å². The van der Waals surface area contributed by atoms with E-state index in [-0.39, 0.29) is 0 Å². The van der Waals surface area contributed by atoms with Crippen LogP contribution in [0.5, 0.6) is 0 Å². The van der Waals surface area contributed by atoms with Crippen molar-refractivity contribution in [3.05, 3.63) is 35.0 Å². The van der Waals surface area contributed by atoms with E-state index in [0.717, 1.165) is 0 Å². The molecule has 12 heavy (non-hydrogen) atoms. The van der Waals surface area contributed by atoms with Crippen LogP contribution in [0.4, 0.5) is 0 Å². The summed E-state index contributed by atoms with van der Waals surface area (Å²) in [5.41, 5.74) is 0. The summed E-state index contributed by atoms with van der Waals surface area (Å²) >= 11 is 5.21. The van der Waals surface area contributed by atoms with Crippen LogP contribution in [-0.2, 0) is 0 Å². The summed E-state index contributed by atoms with van der Waals surface area (Å²) in [4.78, 5) is 0. The third kappa shape index (κ3) is 2.46. The summed E-state index contributed by atoms with van der Waals surface area (Å²) in [6, 6.07) is 8.79. The normalized spacial score (nSPS) is 10.3. The molecule has 62 valence electrons. The average Bonchev–Trinajstić information content (AvgIpc) is 2.74. The van der Waals surface area contributed by atoms with Crippen molar-refractivity contribution in [3.63, 3.8) is 0 Å². The predicted molar refractivity (Wildman–Crippen MR) is 59.4 cm³/mol. The van der Waals surface area contributed by atoms with Crippen LogP contribution in [0.1, 0.15) is 0 Å². The Kier molecular flexibility index (Phi) is 3.46. The van der Waals surface area contributed by atoms with Crippen LogP contribution >= 0.6 is 22.7 Å². The number of thiophene rings is 2. The van der Waals surface area contributed by atoms with Crippen LogP contribution < -0.4 is 7.55 Å². The van der Waals surface area contributed by atoms with Gasteiger partial charge in [-0.2, -0.15) is 0 Å². The Morgan fingerprint density at radius 2 is 1.33 bits per heavy atom. The van der Waals surface area contributed by atoms with Gasteiger partial charge in [0, 0.05) is 0 Å². The van der Waals surface area contributed by atoms with Crippen molar-refractivity contribution in [1.29, 1.82) is 0 Å². The van der Waals surface area contributed by atoms with Gasteiger partial charge in [0.1, 0.15) is 0 Å². The van der Waals surface area contributed by atoms with E-state index >= 15 is 0 Å². The van der Waals surface area contributed by atoms with Gasteiger partial charge in [0.2, 0.25) is 0 Å². The van der Waals surface area contributed by atoms with Gasteiger partial charge in [-0.1, -0.05) is 0 Å². The molecule has 0 saturated heterocycles. The van der Waals surface area contributed by atoms with Crippen molar-refractivity contribution >= 4 is 56.5 Å². The van der Waals surface area contributed by atoms with Crippen LogP contribution in [0.25, 0.3) is 0 Å². The fourth-order valence-corrected chi connectivity index (χ4v) is 11.2. The van der Waals surface area contributed by atoms with Crippen LogP contribution in [0.2, 0.25) is 0 Å². The number of hydrogen-bond acceptors (Lipinski definition) is 2. The van der Waals surface area contributed by atoms with Gasteiger partial charge in [-0.3, -0.25) is 0 Å². The molecule has 0 aromatic carbocycles. The topological polar surface area (TPSA) is 0 Å². The summed E-state index contributed by atoms with van der Waals surface area (Å²) in [6.45, 7) is 0. The fourth-order valence-electron chi connectivity index (χ4n) is 0.704. The maximum atomic E-state index is 2.25. The monoisotopic (exact) mass is 326 g/mol. The van der Waals surface area contributed by atoms with Crippen LogP contribution in [0.3, 0.4) is 0 Å². The Balaban J connectivity index is 1.91. The quantitative estimate of drug-likeness (QED) is 0.742. The Labute approximate surface area is 90.9 Å². The third-order valence-electron chi connectivity index (χ3n) is 1.20. The second-order valence-corrected chi connectivity index (χ2v) is 11.3. The van der Waals surface area contributed by atoms with Crippen molar-refractivity contribution in [3.8, 4) is 0 Å². The first-order valence-corrected chi connectivity index (χ1v) is 11.2. The molecule has 0 fully saturated rings. The first-order valence-electron chi connectivity index (χ1n) is 3.37. The van der Waals surface area contributed by atoms with Gasteiger partial charge in [0.05, 0.1) is 0 Å². The molecule has 2 aromatic heterocycles. The Bertz CT molecular complexity index is 278. The molecular formula is C8H6S2Se2. The van der Waals surface area contributed by atoms with Crippen molar-refractivity contribution in [2.45, 2.75) is 0 Å². The van der Waals surface area contributed by atoms with Crippen LogP contribution in [0, 0.1) is 0 Å². The molecule has 0 aliphatic heterocycles. The van der Waals surface area contributed by atoms with Crippen molar-refractivity contribution in [2.24, 2.45) is 0 Å². The van der Waals surface area contributed by atoms with E-state index in [4.69, 9.17) is 0 Å². The SMILES string of the molecule is c1csc([Se][Se]c2cccs2)c1. The zero-order chi connectivity index (χ0) is 8.23. The summed E-state index contributed by atoms with van der Waals surface area (Å²) in [7, 11) is 0. The molecule has 0 saturated carbocycles. The maximum absolute atomic E-state index is 2.25. The van der Waals surface area contributed by atoms with Gasteiger partial charge in [0.15, 0.2) is 0 Å². The number of rotatable bonds is 3. The summed E-state index contributed by atoms with van der Waals surface area (Å²) in [6.07, 6.45) is 0. The van der Waals surface area contributed by atoms with E-state index in [0.29, 0.717) is 26.3 Å². The molecule has 0 N–H and O–H groups in total.